The summed E-state index contributed by atoms with van der Waals surface area (Å²) in [4.78, 5) is 2.28. The molecule has 0 saturated carbocycles. The topological polar surface area (TPSA) is 33.7 Å². The Balaban J connectivity index is 2.12. The molecule has 1 heterocycles. The SMILES string of the molecule is COc1ccc(OC)c(C(c2ccccc2F)N2CCNCC2)c1. The number of nitrogens with one attached hydrogen (secondary N) is 1. The fourth-order valence-electron chi connectivity index (χ4n) is 3.25. The smallest absolute Gasteiger partial charge is 0.128 e. The number of piperazine rings is 1. The van der Waals surface area contributed by atoms with Gasteiger partial charge in [-0.15, -0.1) is 0 Å². The van der Waals surface area contributed by atoms with Gasteiger partial charge in [0.05, 0.1) is 20.3 Å². The Labute approximate surface area is 142 Å². The number of hydrogen-bond acceptors (Lipinski definition) is 4. The largest absolute Gasteiger partial charge is 0.497 e. The summed E-state index contributed by atoms with van der Waals surface area (Å²) in [5, 5.41) is 3.35. The average Bonchev–Trinajstić information content (AvgIpc) is 2.64. The van der Waals surface area contributed by atoms with Crippen LogP contribution in [0.4, 0.5) is 4.39 Å². The van der Waals surface area contributed by atoms with Gasteiger partial charge in [-0.05, 0) is 24.3 Å². The van der Waals surface area contributed by atoms with Crippen LogP contribution in [-0.4, -0.2) is 45.3 Å². The fourth-order valence-corrected chi connectivity index (χ4v) is 3.25. The van der Waals surface area contributed by atoms with E-state index in [2.05, 4.69) is 10.2 Å². The minimum atomic E-state index is -0.210. The van der Waals surface area contributed by atoms with Crippen molar-refractivity contribution in [1.82, 2.24) is 10.2 Å². The highest BCUT2D eigenvalue weighted by Crippen LogP contribution is 2.38. The monoisotopic (exact) mass is 330 g/mol. The molecule has 0 radical (unpaired) electrons. The van der Waals surface area contributed by atoms with Crippen molar-refractivity contribution in [2.45, 2.75) is 6.04 Å². The van der Waals surface area contributed by atoms with Crippen molar-refractivity contribution in [3.8, 4) is 11.5 Å². The number of halogens is 1. The summed E-state index contributed by atoms with van der Waals surface area (Å²) in [6.07, 6.45) is 0. The van der Waals surface area contributed by atoms with E-state index in [1.165, 1.54) is 6.07 Å². The van der Waals surface area contributed by atoms with Gasteiger partial charge in [-0.1, -0.05) is 18.2 Å². The van der Waals surface area contributed by atoms with Gasteiger partial charge in [0.25, 0.3) is 0 Å². The Hall–Kier alpha value is -2.11. The molecule has 0 bridgehead atoms. The molecule has 1 aliphatic heterocycles. The van der Waals surface area contributed by atoms with Crippen LogP contribution in [0.3, 0.4) is 0 Å². The minimum Gasteiger partial charge on any atom is -0.497 e. The molecule has 24 heavy (non-hydrogen) atoms. The molecule has 1 atom stereocenters. The zero-order valence-corrected chi connectivity index (χ0v) is 14.1. The molecule has 2 aromatic rings. The van der Waals surface area contributed by atoms with Crippen molar-refractivity contribution < 1.29 is 13.9 Å². The van der Waals surface area contributed by atoms with Crippen LogP contribution in [0.15, 0.2) is 42.5 Å². The molecule has 1 aliphatic rings. The van der Waals surface area contributed by atoms with Crippen molar-refractivity contribution in [1.29, 1.82) is 0 Å². The van der Waals surface area contributed by atoms with Crippen LogP contribution in [0.2, 0.25) is 0 Å². The van der Waals surface area contributed by atoms with Gasteiger partial charge in [0, 0.05) is 37.3 Å². The summed E-state index contributed by atoms with van der Waals surface area (Å²) in [6, 6.07) is 12.4. The number of hydrogen-bond donors (Lipinski definition) is 1. The Kier molecular flexibility index (Phi) is 5.33. The normalized spacial score (nSPS) is 16.6. The van der Waals surface area contributed by atoms with E-state index in [9.17, 15) is 4.39 Å². The lowest BCUT2D eigenvalue weighted by molar-refractivity contribution is 0.192. The lowest BCUT2D eigenvalue weighted by Crippen LogP contribution is -2.45. The van der Waals surface area contributed by atoms with E-state index in [-0.39, 0.29) is 11.9 Å². The maximum atomic E-state index is 14.6. The van der Waals surface area contributed by atoms with Crippen molar-refractivity contribution in [2.24, 2.45) is 0 Å². The van der Waals surface area contributed by atoms with Gasteiger partial charge in [-0.25, -0.2) is 4.39 Å². The number of rotatable bonds is 5. The van der Waals surface area contributed by atoms with Gasteiger partial charge >= 0.3 is 0 Å². The lowest BCUT2D eigenvalue weighted by atomic mass is 9.95. The van der Waals surface area contributed by atoms with Crippen LogP contribution in [-0.2, 0) is 0 Å². The van der Waals surface area contributed by atoms with E-state index < -0.39 is 0 Å². The van der Waals surface area contributed by atoms with E-state index in [1.54, 1.807) is 20.3 Å². The van der Waals surface area contributed by atoms with E-state index >= 15 is 0 Å². The molecular formula is C19H23FN2O2. The summed E-state index contributed by atoms with van der Waals surface area (Å²) < 4.78 is 25.5. The van der Waals surface area contributed by atoms with Gasteiger partial charge in [-0.3, -0.25) is 4.90 Å². The molecule has 2 aromatic carbocycles. The second-order valence-corrected chi connectivity index (χ2v) is 5.82. The van der Waals surface area contributed by atoms with Crippen molar-refractivity contribution in [3.63, 3.8) is 0 Å². The van der Waals surface area contributed by atoms with Crippen LogP contribution < -0.4 is 14.8 Å². The number of benzene rings is 2. The van der Waals surface area contributed by atoms with Crippen molar-refractivity contribution >= 4 is 0 Å². The predicted octanol–water partition coefficient (Wildman–Crippen LogP) is 2.84. The maximum Gasteiger partial charge on any atom is 0.128 e. The predicted molar refractivity (Wildman–Crippen MR) is 92.2 cm³/mol. The first kappa shape index (κ1) is 16.7. The Morgan fingerprint density at radius 2 is 1.75 bits per heavy atom. The van der Waals surface area contributed by atoms with Gasteiger partial charge in [0.2, 0.25) is 0 Å². The number of methoxy groups -OCH3 is 2. The molecule has 0 amide bonds. The standard InChI is InChI=1S/C19H23FN2O2/c1-23-14-7-8-18(24-2)16(13-14)19(22-11-9-21-10-12-22)15-5-3-4-6-17(15)20/h3-8,13,19,21H,9-12H2,1-2H3. The third-order valence-corrected chi connectivity index (χ3v) is 4.45. The van der Waals surface area contributed by atoms with Crippen LogP contribution in [0.25, 0.3) is 0 Å². The zero-order valence-electron chi connectivity index (χ0n) is 14.1. The van der Waals surface area contributed by atoms with Crippen LogP contribution in [0, 0.1) is 5.82 Å². The second kappa shape index (κ2) is 7.64. The molecule has 128 valence electrons. The van der Waals surface area contributed by atoms with E-state index in [1.807, 2.05) is 30.3 Å². The molecule has 4 nitrogen and oxygen atoms in total. The van der Waals surface area contributed by atoms with E-state index in [4.69, 9.17) is 9.47 Å². The molecule has 1 saturated heterocycles. The third kappa shape index (κ3) is 3.37. The highest BCUT2D eigenvalue weighted by molar-refractivity contribution is 5.46. The summed E-state index contributed by atoms with van der Waals surface area (Å²) in [6.45, 7) is 3.47. The van der Waals surface area contributed by atoms with Gasteiger partial charge in [0.1, 0.15) is 17.3 Å². The fraction of sp³-hybridized carbons (Fsp3) is 0.368. The molecule has 0 spiro atoms. The third-order valence-electron chi connectivity index (χ3n) is 4.45. The average molecular weight is 330 g/mol. The molecule has 1 unspecified atom stereocenters. The van der Waals surface area contributed by atoms with E-state index in [0.717, 1.165) is 43.2 Å². The first-order valence-electron chi connectivity index (χ1n) is 8.15. The van der Waals surface area contributed by atoms with Crippen LogP contribution in [0.5, 0.6) is 11.5 Å². The lowest BCUT2D eigenvalue weighted by Gasteiger charge is -2.36. The number of ether oxygens (including phenoxy) is 2. The Morgan fingerprint density at radius 3 is 2.42 bits per heavy atom. The Morgan fingerprint density at radius 1 is 1.00 bits per heavy atom. The summed E-state index contributed by atoms with van der Waals surface area (Å²) in [5.41, 5.74) is 1.58. The van der Waals surface area contributed by atoms with Gasteiger partial charge in [0.15, 0.2) is 0 Å². The highest BCUT2D eigenvalue weighted by Gasteiger charge is 2.28. The summed E-state index contributed by atoms with van der Waals surface area (Å²) in [7, 11) is 3.27. The van der Waals surface area contributed by atoms with Crippen LogP contribution >= 0.6 is 0 Å². The molecule has 5 heteroatoms. The second-order valence-electron chi connectivity index (χ2n) is 5.82. The minimum absolute atomic E-state index is 0.203. The first-order chi connectivity index (χ1) is 11.7. The Bertz CT molecular complexity index is 687. The highest BCUT2D eigenvalue weighted by atomic mass is 19.1. The molecule has 1 N–H and O–H groups in total. The molecule has 0 aromatic heterocycles. The van der Waals surface area contributed by atoms with Crippen molar-refractivity contribution in [2.75, 3.05) is 40.4 Å². The van der Waals surface area contributed by atoms with E-state index in [0.29, 0.717) is 5.56 Å². The first-order valence-corrected chi connectivity index (χ1v) is 8.15. The van der Waals surface area contributed by atoms with Crippen molar-refractivity contribution in [3.05, 3.63) is 59.4 Å². The maximum absolute atomic E-state index is 14.6. The summed E-state index contributed by atoms with van der Waals surface area (Å²) >= 11 is 0. The molecular weight excluding hydrogens is 307 g/mol. The molecule has 0 aliphatic carbocycles. The zero-order chi connectivity index (χ0) is 16.9. The van der Waals surface area contributed by atoms with Crippen LogP contribution in [0.1, 0.15) is 17.2 Å². The quantitative estimate of drug-likeness (QED) is 0.914. The number of nitrogens with zero attached hydrogens (tertiary/aromatic N) is 1. The molecule has 1 fully saturated rings. The van der Waals surface area contributed by atoms with Gasteiger partial charge < -0.3 is 14.8 Å². The van der Waals surface area contributed by atoms with Gasteiger partial charge in [-0.2, -0.15) is 0 Å². The molecule has 3 rings (SSSR count). The summed E-state index contributed by atoms with van der Waals surface area (Å²) in [5.74, 6) is 1.27.